The van der Waals surface area contributed by atoms with E-state index < -0.39 is 17.0 Å². The number of aromatic nitrogens is 1. The molecule has 1 aliphatic heterocycles. The molecule has 0 radical (unpaired) electrons. The molecule has 1 aromatic heterocycles. The van der Waals surface area contributed by atoms with E-state index in [-0.39, 0.29) is 11.3 Å². The minimum absolute atomic E-state index is 0.0154. The molecule has 132 valence electrons. The van der Waals surface area contributed by atoms with Gasteiger partial charge < -0.3 is 20.0 Å². The van der Waals surface area contributed by atoms with Gasteiger partial charge in [0.1, 0.15) is 11.2 Å². The molecule has 1 aliphatic rings. The van der Waals surface area contributed by atoms with E-state index >= 15 is 0 Å². The largest absolute Gasteiger partial charge is 0.504 e. The summed E-state index contributed by atoms with van der Waals surface area (Å²) in [5.74, 6) is -0.321. The summed E-state index contributed by atoms with van der Waals surface area (Å²) in [5, 5.41) is 10.0. The van der Waals surface area contributed by atoms with Crippen molar-refractivity contribution in [1.82, 2.24) is 4.68 Å². The Bertz CT molecular complexity index is 909. The third kappa shape index (κ3) is 3.17. The summed E-state index contributed by atoms with van der Waals surface area (Å²) >= 11 is 0. The van der Waals surface area contributed by atoms with Crippen LogP contribution >= 0.6 is 0 Å². The maximum atomic E-state index is 12.4. The van der Waals surface area contributed by atoms with Gasteiger partial charge in [-0.15, -0.1) is 0 Å². The summed E-state index contributed by atoms with van der Waals surface area (Å²) in [6.07, 6.45) is 1.43. The molecule has 2 N–H and O–H groups in total. The highest BCUT2D eigenvalue weighted by atomic mass is 16.6. The molecule has 25 heavy (non-hydrogen) atoms. The van der Waals surface area contributed by atoms with Crippen LogP contribution in [0.1, 0.15) is 36.7 Å². The normalized spacial score (nSPS) is 12.6. The molecule has 2 aromatic rings. The van der Waals surface area contributed by atoms with Crippen LogP contribution in [0, 0.1) is 0 Å². The zero-order chi connectivity index (χ0) is 18.4. The van der Waals surface area contributed by atoms with Gasteiger partial charge in [-0.2, -0.15) is 0 Å². The van der Waals surface area contributed by atoms with E-state index in [1.807, 2.05) is 0 Å². The van der Waals surface area contributed by atoms with Gasteiger partial charge in [0.25, 0.3) is 0 Å². The Morgan fingerprint density at radius 1 is 1.28 bits per heavy atom. The van der Waals surface area contributed by atoms with Gasteiger partial charge in [0.05, 0.1) is 19.3 Å². The van der Waals surface area contributed by atoms with Crippen molar-refractivity contribution in [3.8, 4) is 22.8 Å². The Morgan fingerprint density at radius 2 is 2.00 bits per heavy atom. The lowest BCUT2D eigenvalue weighted by atomic mass is 10.0. The number of benzene rings is 1. The third-order valence-electron chi connectivity index (χ3n) is 3.79. The number of hydrogen-bond acceptors (Lipinski definition) is 6. The molecular weight excluding hydrogens is 324 g/mol. The van der Waals surface area contributed by atoms with E-state index in [0.29, 0.717) is 23.6 Å². The van der Waals surface area contributed by atoms with Crippen molar-refractivity contribution in [2.45, 2.75) is 32.9 Å². The molecule has 0 atom stereocenters. The molecule has 0 fully saturated rings. The molecule has 0 bridgehead atoms. The summed E-state index contributed by atoms with van der Waals surface area (Å²) in [7, 11) is 1.48. The lowest BCUT2D eigenvalue weighted by Gasteiger charge is -2.25. The fraction of sp³-hybridized carbons (Fsp3) is 0.333. The second-order valence-corrected chi connectivity index (χ2v) is 6.82. The topological polar surface area (TPSA) is 89.8 Å². The van der Waals surface area contributed by atoms with E-state index in [1.165, 1.54) is 19.4 Å². The molecule has 1 aromatic carbocycles. The predicted molar refractivity (Wildman–Crippen MR) is 92.6 cm³/mol. The molecule has 0 saturated heterocycles. The van der Waals surface area contributed by atoms with Gasteiger partial charge in [-0.1, -0.05) is 0 Å². The lowest BCUT2D eigenvalue weighted by molar-refractivity contribution is 0.00673. The number of nitrogens with zero attached hydrogens (tertiary/aromatic N) is 1. The number of phenols is 1. The number of carbonyl (C=O) groups excluding carboxylic acids is 1. The first-order chi connectivity index (χ1) is 11.7. The second-order valence-electron chi connectivity index (χ2n) is 6.82. The van der Waals surface area contributed by atoms with Gasteiger partial charge >= 0.3 is 5.97 Å². The maximum absolute atomic E-state index is 12.4. The molecule has 0 spiro atoms. The molecule has 3 rings (SSSR count). The van der Waals surface area contributed by atoms with Crippen molar-refractivity contribution in [2.75, 3.05) is 12.5 Å². The van der Waals surface area contributed by atoms with Gasteiger partial charge in [0.2, 0.25) is 0 Å². The minimum atomic E-state index is -0.688. The number of nitrogens with one attached hydrogen (secondary N) is 1. The highest BCUT2D eigenvalue weighted by Crippen LogP contribution is 2.36. The number of rotatable bonds is 2. The van der Waals surface area contributed by atoms with Crippen LogP contribution in [0.4, 0.5) is 0 Å². The zero-order valence-corrected chi connectivity index (χ0v) is 14.5. The van der Waals surface area contributed by atoms with Gasteiger partial charge in [0.15, 0.2) is 16.9 Å². The van der Waals surface area contributed by atoms with Crippen LogP contribution in [0.15, 0.2) is 29.2 Å². The number of fused-ring (bicyclic) bond motifs is 3. The Balaban J connectivity index is 2.08. The van der Waals surface area contributed by atoms with Crippen molar-refractivity contribution < 1.29 is 19.4 Å². The van der Waals surface area contributed by atoms with E-state index in [4.69, 9.17) is 9.47 Å². The van der Waals surface area contributed by atoms with Crippen LogP contribution in [-0.2, 0) is 11.3 Å². The monoisotopic (exact) mass is 344 g/mol. The highest BCUT2D eigenvalue weighted by molar-refractivity contribution is 5.90. The van der Waals surface area contributed by atoms with E-state index in [0.717, 1.165) is 5.56 Å². The summed E-state index contributed by atoms with van der Waals surface area (Å²) in [5.41, 5.74) is 4.06. The van der Waals surface area contributed by atoms with Crippen LogP contribution in [0.3, 0.4) is 0 Å². The Labute approximate surface area is 144 Å². The fourth-order valence-corrected chi connectivity index (χ4v) is 2.69. The number of methoxy groups -OCH3 is 1. The quantitative estimate of drug-likeness (QED) is 0.812. The van der Waals surface area contributed by atoms with Crippen molar-refractivity contribution >= 4 is 5.97 Å². The molecule has 0 unspecified atom stereocenters. The molecule has 2 heterocycles. The Hall–Kier alpha value is -2.96. The highest BCUT2D eigenvalue weighted by Gasteiger charge is 2.24. The SMILES string of the molecule is COc1cc2c(cc1O)-c1cc(=O)c(C(=O)OC(C)(C)C)cn1NC2. The summed E-state index contributed by atoms with van der Waals surface area (Å²) < 4.78 is 12.0. The first-order valence-corrected chi connectivity index (χ1v) is 7.84. The average molecular weight is 344 g/mol. The molecule has 0 saturated carbocycles. The summed E-state index contributed by atoms with van der Waals surface area (Å²) in [6, 6.07) is 4.62. The molecule has 0 aliphatic carbocycles. The van der Waals surface area contributed by atoms with Crippen molar-refractivity contribution in [1.29, 1.82) is 0 Å². The van der Waals surface area contributed by atoms with Crippen molar-refractivity contribution in [2.24, 2.45) is 0 Å². The number of esters is 1. The average Bonchev–Trinajstić information content (AvgIpc) is 2.52. The lowest BCUT2D eigenvalue weighted by Crippen LogP contribution is -2.31. The number of carbonyl (C=O) groups is 1. The first-order valence-electron chi connectivity index (χ1n) is 7.84. The predicted octanol–water partition coefficient (Wildman–Crippen LogP) is 2.24. The fourth-order valence-electron chi connectivity index (χ4n) is 2.69. The zero-order valence-electron chi connectivity index (χ0n) is 14.5. The molecule has 7 nitrogen and oxygen atoms in total. The van der Waals surface area contributed by atoms with Gasteiger partial charge in [-0.25, -0.2) is 4.79 Å². The van der Waals surface area contributed by atoms with Crippen molar-refractivity contribution in [3.63, 3.8) is 0 Å². The van der Waals surface area contributed by atoms with Crippen LogP contribution in [-0.4, -0.2) is 28.5 Å². The summed E-state index contributed by atoms with van der Waals surface area (Å²) in [4.78, 5) is 24.6. The van der Waals surface area contributed by atoms with Gasteiger partial charge in [-0.3, -0.25) is 9.47 Å². The Morgan fingerprint density at radius 3 is 2.64 bits per heavy atom. The van der Waals surface area contributed by atoms with Crippen LogP contribution in [0.25, 0.3) is 11.3 Å². The van der Waals surface area contributed by atoms with Crippen LogP contribution in [0.2, 0.25) is 0 Å². The number of phenolic OH excluding ortho intramolecular Hbond substituents is 1. The first kappa shape index (κ1) is 16.9. The smallest absolute Gasteiger partial charge is 0.344 e. The molecule has 0 amide bonds. The molecular formula is C18H20N2O5. The van der Waals surface area contributed by atoms with Crippen LogP contribution < -0.4 is 15.6 Å². The number of hydrogen-bond donors (Lipinski definition) is 2. The number of aromatic hydroxyl groups is 1. The third-order valence-corrected chi connectivity index (χ3v) is 3.79. The Kier molecular flexibility index (Phi) is 3.94. The van der Waals surface area contributed by atoms with E-state index in [1.54, 1.807) is 37.6 Å². The van der Waals surface area contributed by atoms with Gasteiger partial charge in [0, 0.05) is 17.8 Å². The van der Waals surface area contributed by atoms with E-state index in [2.05, 4.69) is 5.43 Å². The standard InChI is InChI=1S/C18H20N2O5/c1-18(2,3)25-17(23)12-9-20-13(7-14(12)21)11-6-15(22)16(24-4)5-10(11)8-19-20/h5-7,9,19,22H,8H2,1-4H3. The van der Waals surface area contributed by atoms with Crippen LogP contribution in [0.5, 0.6) is 11.5 Å². The number of pyridine rings is 1. The second kappa shape index (κ2) is 5.84. The molecule has 7 heteroatoms. The van der Waals surface area contributed by atoms with Gasteiger partial charge in [-0.05, 0) is 38.5 Å². The number of ether oxygens (including phenoxy) is 2. The summed E-state index contributed by atoms with van der Waals surface area (Å²) in [6.45, 7) is 5.68. The minimum Gasteiger partial charge on any atom is -0.504 e. The van der Waals surface area contributed by atoms with E-state index in [9.17, 15) is 14.7 Å². The van der Waals surface area contributed by atoms with Crippen molar-refractivity contribution in [3.05, 3.63) is 45.7 Å². The maximum Gasteiger partial charge on any atom is 0.344 e.